The molecule has 0 saturated carbocycles. The molecule has 1 aliphatic rings. The number of anilines is 1. The summed E-state index contributed by atoms with van der Waals surface area (Å²) in [6.07, 6.45) is 1.52. The highest BCUT2D eigenvalue weighted by molar-refractivity contribution is 5.91. The highest BCUT2D eigenvalue weighted by Gasteiger charge is 2.25. The van der Waals surface area contributed by atoms with Crippen LogP contribution in [0.1, 0.15) is 24.2 Å². The summed E-state index contributed by atoms with van der Waals surface area (Å²) in [5, 5.41) is 9.47. The van der Waals surface area contributed by atoms with Crippen molar-refractivity contribution in [1.29, 1.82) is 0 Å². The van der Waals surface area contributed by atoms with Crippen molar-refractivity contribution in [2.75, 3.05) is 25.0 Å². The van der Waals surface area contributed by atoms with E-state index in [1.807, 2.05) is 30.3 Å². The van der Waals surface area contributed by atoms with Crippen molar-refractivity contribution in [2.24, 2.45) is 5.92 Å². The number of amides is 2. The molecule has 0 unspecified atom stereocenters. The number of aryl methyl sites for hydroxylation is 1. The average Bonchev–Trinajstić information content (AvgIpc) is 3.05. The number of hydrogen-bond acceptors (Lipinski definition) is 5. The molecular formula is C19H24N4O3. The summed E-state index contributed by atoms with van der Waals surface area (Å²) < 4.78 is 4.93. The van der Waals surface area contributed by atoms with Crippen LogP contribution in [0.3, 0.4) is 0 Å². The quantitative estimate of drug-likeness (QED) is 0.826. The van der Waals surface area contributed by atoms with Crippen molar-refractivity contribution in [3.8, 4) is 0 Å². The van der Waals surface area contributed by atoms with Gasteiger partial charge in [-0.15, -0.1) is 0 Å². The van der Waals surface area contributed by atoms with Gasteiger partial charge in [-0.3, -0.25) is 14.5 Å². The zero-order valence-corrected chi connectivity index (χ0v) is 14.9. The Morgan fingerprint density at radius 2 is 1.96 bits per heavy atom. The van der Waals surface area contributed by atoms with Crippen LogP contribution in [-0.2, 0) is 16.1 Å². The molecule has 2 amide bonds. The van der Waals surface area contributed by atoms with Crippen LogP contribution in [-0.4, -0.2) is 41.5 Å². The molecule has 0 aliphatic carbocycles. The summed E-state index contributed by atoms with van der Waals surface area (Å²) in [7, 11) is 0. The number of likely N-dealkylation sites (tertiary alicyclic amines) is 1. The van der Waals surface area contributed by atoms with E-state index in [1.165, 1.54) is 0 Å². The number of nitrogens with zero attached hydrogens (tertiary/aromatic N) is 2. The molecule has 1 saturated heterocycles. The Balaban J connectivity index is 1.38. The molecule has 1 aromatic carbocycles. The van der Waals surface area contributed by atoms with Gasteiger partial charge in [-0.2, -0.15) is 0 Å². The number of carbonyl (C=O) groups excluding carboxylic acids is 2. The number of aromatic nitrogens is 1. The molecule has 138 valence electrons. The molecule has 0 radical (unpaired) electrons. The van der Waals surface area contributed by atoms with E-state index >= 15 is 0 Å². The van der Waals surface area contributed by atoms with E-state index in [0.717, 1.165) is 31.5 Å². The molecule has 1 fully saturated rings. The molecular weight excluding hydrogens is 332 g/mol. The zero-order chi connectivity index (χ0) is 18.4. The lowest BCUT2D eigenvalue weighted by atomic mass is 9.96. The van der Waals surface area contributed by atoms with Gasteiger partial charge in [0.25, 0.3) is 0 Å². The molecule has 7 heteroatoms. The summed E-state index contributed by atoms with van der Waals surface area (Å²) >= 11 is 0. The summed E-state index contributed by atoms with van der Waals surface area (Å²) in [5.41, 5.74) is 1.10. The second-order valence-electron chi connectivity index (χ2n) is 6.62. The molecule has 0 bridgehead atoms. The molecule has 1 aromatic heterocycles. The van der Waals surface area contributed by atoms with Gasteiger partial charge in [0, 0.05) is 18.5 Å². The normalized spacial score (nSPS) is 15.6. The Kier molecular flexibility index (Phi) is 6.01. The van der Waals surface area contributed by atoms with Gasteiger partial charge in [0.15, 0.2) is 5.82 Å². The van der Waals surface area contributed by atoms with E-state index < -0.39 is 0 Å². The zero-order valence-electron chi connectivity index (χ0n) is 14.9. The predicted octanol–water partition coefficient (Wildman–Crippen LogP) is 1.95. The van der Waals surface area contributed by atoms with Crippen molar-refractivity contribution in [3.63, 3.8) is 0 Å². The van der Waals surface area contributed by atoms with E-state index in [1.54, 1.807) is 13.0 Å². The van der Waals surface area contributed by atoms with Gasteiger partial charge in [0.2, 0.25) is 11.8 Å². The third-order valence-electron chi connectivity index (χ3n) is 4.53. The van der Waals surface area contributed by atoms with Crippen LogP contribution >= 0.6 is 0 Å². The average molecular weight is 356 g/mol. The molecule has 2 heterocycles. The fourth-order valence-corrected chi connectivity index (χ4v) is 3.09. The van der Waals surface area contributed by atoms with Crippen LogP contribution in [0.2, 0.25) is 0 Å². The fourth-order valence-electron chi connectivity index (χ4n) is 3.09. The lowest BCUT2D eigenvalue weighted by Gasteiger charge is -2.30. The standard InChI is InChI=1S/C19H24N4O3/c1-14-11-17(22-26-14)21-18(24)13-23-9-7-16(8-10-23)19(25)20-12-15-5-3-2-4-6-15/h2-6,11,16H,7-10,12-13H2,1H3,(H,20,25)(H,21,22,24). The third-order valence-corrected chi connectivity index (χ3v) is 4.53. The van der Waals surface area contributed by atoms with Gasteiger partial charge >= 0.3 is 0 Å². The monoisotopic (exact) mass is 356 g/mol. The summed E-state index contributed by atoms with van der Waals surface area (Å²) in [6, 6.07) is 11.6. The van der Waals surface area contributed by atoms with Crippen molar-refractivity contribution < 1.29 is 14.1 Å². The Bertz CT molecular complexity index is 736. The summed E-state index contributed by atoms with van der Waals surface area (Å²) in [5.74, 6) is 1.07. The molecule has 1 aliphatic heterocycles. The summed E-state index contributed by atoms with van der Waals surface area (Å²) in [6.45, 7) is 4.09. The topological polar surface area (TPSA) is 87.5 Å². The third kappa shape index (κ3) is 5.16. The van der Waals surface area contributed by atoms with Gasteiger partial charge in [0.05, 0.1) is 6.54 Å². The van der Waals surface area contributed by atoms with E-state index in [4.69, 9.17) is 4.52 Å². The minimum Gasteiger partial charge on any atom is -0.360 e. The fraction of sp³-hybridized carbons (Fsp3) is 0.421. The van der Waals surface area contributed by atoms with E-state index in [9.17, 15) is 9.59 Å². The minimum absolute atomic E-state index is 0.0104. The van der Waals surface area contributed by atoms with Crippen LogP contribution in [0.5, 0.6) is 0 Å². The molecule has 3 rings (SSSR count). The summed E-state index contributed by atoms with van der Waals surface area (Å²) in [4.78, 5) is 26.4. The van der Waals surface area contributed by atoms with E-state index in [0.29, 0.717) is 24.7 Å². The van der Waals surface area contributed by atoms with Crippen LogP contribution in [0.4, 0.5) is 5.82 Å². The second kappa shape index (κ2) is 8.62. The maximum atomic E-state index is 12.3. The minimum atomic E-state index is -0.120. The maximum Gasteiger partial charge on any atom is 0.239 e. The van der Waals surface area contributed by atoms with Crippen LogP contribution < -0.4 is 10.6 Å². The first-order chi connectivity index (χ1) is 12.6. The molecule has 0 atom stereocenters. The number of piperidine rings is 1. The lowest BCUT2D eigenvalue weighted by Crippen LogP contribution is -2.43. The van der Waals surface area contributed by atoms with E-state index in [2.05, 4.69) is 20.7 Å². The first-order valence-electron chi connectivity index (χ1n) is 8.87. The lowest BCUT2D eigenvalue weighted by molar-refractivity contribution is -0.126. The van der Waals surface area contributed by atoms with Gasteiger partial charge in [0.1, 0.15) is 5.76 Å². The molecule has 26 heavy (non-hydrogen) atoms. The van der Waals surface area contributed by atoms with Crippen LogP contribution in [0, 0.1) is 12.8 Å². The highest BCUT2D eigenvalue weighted by Crippen LogP contribution is 2.17. The second-order valence-corrected chi connectivity index (χ2v) is 6.62. The largest absolute Gasteiger partial charge is 0.360 e. The molecule has 0 spiro atoms. The Hall–Kier alpha value is -2.67. The molecule has 7 nitrogen and oxygen atoms in total. The van der Waals surface area contributed by atoms with Crippen LogP contribution in [0.15, 0.2) is 40.9 Å². The molecule has 2 aromatic rings. The van der Waals surface area contributed by atoms with Crippen molar-refractivity contribution >= 4 is 17.6 Å². The first-order valence-corrected chi connectivity index (χ1v) is 8.87. The van der Waals surface area contributed by atoms with Crippen molar-refractivity contribution in [1.82, 2.24) is 15.4 Å². The van der Waals surface area contributed by atoms with E-state index in [-0.39, 0.29) is 17.7 Å². The Labute approximate surface area is 152 Å². The highest BCUT2D eigenvalue weighted by atomic mass is 16.5. The van der Waals surface area contributed by atoms with Gasteiger partial charge in [-0.1, -0.05) is 35.5 Å². The number of benzene rings is 1. The number of carbonyl (C=O) groups is 2. The predicted molar refractivity (Wildman–Crippen MR) is 97.3 cm³/mol. The number of rotatable bonds is 6. The Morgan fingerprint density at radius 3 is 2.62 bits per heavy atom. The molecule has 2 N–H and O–H groups in total. The number of hydrogen-bond donors (Lipinski definition) is 2. The first kappa shape index (κ1) is 18.1. The maximum absolute atomic E-state index is 12.3. The van der Waals surface area contributed by atoms with Crippen molar-refractivity contribution in [3.05, 3.63) is 47.7 Å². The smallest absolute Gasteiger partial charge is 0.239 e. The van der Waals surface area contributed by atoms with Crippen LogP contribution in [0.25, 0.3) is 0 Å². The Morgan fingerprint density at radius 1 is 1.23 bits per heavy atom. The SMILES string of the molecule is Cc1cc(NC(=O)CN2CCC(C(=O)NCc3ccccc3)CC2)no1. The number of nitrogens with one attached hydrogen (secondary N) is 2. The van der Waals surface area contributed by atoms with Gasteiger partial charge in [-0.05, 0) is 38.4 Å². The van der Waals surface area contributed by atoms with Gasteiger partial charge in [-0.25, -0.2) is 0 Å². The van der Waals surface area contributed by atoms with Gasteiger partial charge < -0.3 is 15.2 Å². The van der Waals surface area contributed by atoms with Crippen molar-refractivity contribution in [2.45, 2.75) is 26.3 Å².